The van der Waals surface area contributed by atoms with Gasteiger partial charge in [0.15, 0.2) is 0 Å². The minimum atomic E-state index is -0.730. The molecule has 0 radical (unpaired) electrons. The maximum absolute atomic E-state index is 5.08. The first-order valence-corrected chi connectivity index (χ1v) is 21.6. The fourth-order valence-corrected chi connectivity index (χ4v) is 10.6. The first-order valence-electron chi connectivity index (χ1n) is 21.6. The van der Waals surface area contributed by atoms with Crippen molar-refractivity contribution in [2.75, 3.05) is 0 Å². The molecule has 294 valence electrons. The van der Waals surface area contributed by atoms with Gasteiger partial charge in [-0.2, -0.15) is 0 Å². The van der Waals surface area contributed by atoms with Crippen molar-refractivity contribution in [2.24, 2.45) is 0 Å². The van der Waals surface area contributed by atoms with E-state index in [9.17, 15) is 0 Å². The van der Waals surface area contributed by atoms with Crippen molar-refractivity contribution in [3.63, 3.8) is 0 Å². The van der Waals surface area contributed by atoms with Crippen molar-refractivity contribution in [2.45, 2.75) is 5.41 Å². The molecule has 0 spiro atoms. The molecule has 0 N–H and O–H groups in total. The van der Waals surface area contributed by atoms with E-state index in [1.807, 2.05) is 12.4 Å². The fraction of sp³-hybridized carbons (Fsp3) is 0.0169. The second-order valence-corrected chi connectivity index (χ2v) is 16.6. The molecule has 4 heteroatoms. The molecule has 0 aliphatic heterocycles. The van der Waals surface area contributed by atoms with Gasteiger partial charge in [-0.1, -0.05) is 133 Å². The Kier molecular flexibility index (Phi) is 7.79. The SMILES string of the molecule is c1ccc(-c2ccc3c(c2)c2cc(C4(c5ccc6c(c5)c5cc(-c7ccccc7)ccc5n6-c5ccccc5)c5cccnc5-c5ncccc54)ccc2n3-c2ccccc2)cc1. The Morgan fingerprint density at radius 1 is 0.302 bits per heavy atom. The summed E-state index contributed by atoms with van der Waals surface area (Å²) in [5.41, 5.74) is 17.4. The number of fused-ring (bicyclic) bond motifs is 9. The molecular weight excluding hydrogens is 765 g/mol. The van der Waals surface area contributed by atoms with Crippen LogP contribution in [0.3, 0.4) is 0 Å². The molecule has 63 heavy (non-hydrogen) atoms. The highest BCUT2D eigenvalue weighted by Crippen LogP contribution is 2.56. The third-order valence-electron chi connectivity index (χ3n) is 13.3. The summed E-state index contributed by atoms with van der Waals surface area (Å²) in [4.78, 5) is 10.2. The summed E-state index contributed by atoms with van der Waals surface area (Å²) in [6.07, 6.45) is 3.80. The summed E-state index contributed by atoms with van der Waals surface area (Å²) in [5, 5.41) is 4.80. The zero-order chi connectivity index (χ0) is 41.5. The van der Waals surface area contributed by atoms with Gasteiger partial charge in [-0.05, 0) is 129 Å². The molecule has 0 saturated heterocycles. The molecule has 13 rings (SSSR count). The molecule has 0 amide bonds. The van der Waals surface area contributed by atoms with Gasteiger partial charge in [-0.25, -0.2) is 0 Å². The van der Waals surface area contributed by atoms with Crippen LogP contribution in [0.25, 0.3) is 88.6 Å². The zero-order valence-corrected chi connectivity index (χ0v) is 34.2. The van der Waals surface area contributed by atoms with E-state index in [0.717, 1.165) is 44.9 Å². The largest absolute Gasteiger partial charge is 0.309 e. The van der Waals surface area contributed by atoms with Gasteiger partial charge in [0.1, 0.15) is 0 Å². The van der Waals surface area contributed by atoms with Crippen LogP contribution in [0, 0.1) is 0 Å². The van der Waals surface area contributed by atoms with Crippen LogP contribution in [0.15, 0.2) is 231 Å². The molecule has 4 heterocycles. The molecule has 0 unspecified atom stereocenters. The van der Waals surface area contributed by atoms with Crippen LogP contribution in [-0.2, 0) is 5.41 Å². The van der Waals surface area contributed by atoms with Gasteiger partial charge in [-0.3, -0.25) is 9.97 Å². The Bertz CT molecular complexity index is 3470. The van der Waals surface area contributed by atoms with Crippen LogP contribution >= 0.6 is 0 Å². The molecular formula is C59H38N4. The zero-order valence-electron chi connectivity index (χ0n) is 34.2. The highest BCUT2D eigenvalue weighted by atomic mass is 15.0. The van der Waals surface area contributed by atoms with Crippen molar-refractivity contribution in [1.29, 1.82) is 0 Å². The van der Waals surface area contributed by atoms with E-state index < -0.39 is 5.41 Å². The lowest BCUT2D eigenvalue weighted by atomic mass is 9.67. The van der Waals surface area contributed by atoms with Gasteiger partial charge in [0, 0.05) is 45.3 Å². The number of hydrogen-bond acceptors (Lipinski definition) is 2. The molecule has 12 aromatic rings. The molecule has 0 atom stereocenters. The number of hydrogen-bond donors (Lipinski definition) is 0. The molecule has 0 bridgehead atoms. The summed E-state index contributed by atoms with van der Waals surface area (Å²) >= 11 is 0. The topological polar surface area (TPSA) is 35.6 Å². The van der Waals surface area contributed by atoms with E-state index in [-0.39, 0.29) is 0 Å². The average molecular weight is 803 g/mol. The van der Waals surface area contributed by atoms with E-state index in [0.29, 0.717) is 0 Å². The summed E-state index contributed by atoms with van der Waals surface area (Å²) < 4.78 is 4.81. The maximum atomic E-state index is 5.08. The number of nitrogens with zero attached hydrogens (tertiary/aromatic N) is 4. The van der Waals surface area contributed by atoms with Crippen LogP contribution in [-0.4, -0.2) is 19.1 Å². The van der Waals surface area contributed by atoms with Crippen LogP contribution in [0.1, 0.15) is 22.3 Å². The minimum Gasteiger partial charge on any atom is -0.309 e. The van der Waals surface area contributed by atoms with Crippen molar-refractivity contribution in [3.8, 4) is 45.0 Å². The summed E-state index contributed by atoms with van der Waals surface area (Å²) in [6.45, 7) is 0. The third kappa shape index (κ3) is 5.22. The lowest BCUT2D eigenvalue weighted by molar-refractivity contribution is 0.767. The second-order valence-electron chi connectivity index (χ2n) is 16.6. The predicted octanol–water partition coefficient (Wildman–Crippen LogP) is 14.4. The van der Waals surface area contributed by atoms with Gasteiger partial charge in [0.05, 0.1) is 38.9 Å². The van der Waals surface area contributed by atoms with Crippen LogP contribution in [0.2, 0.25) is 0 Å². The lowest BCUT2D eigenvalue weighted by Gasteiger charge is -2.33. The first-order chi connectivity index (χ1) is 31.3. The monoisotopic (exact) mass is 802 g/mol. The normalized spacial score (nSPS) is 12.9. The van der Waals surface area contributed by atoms with Crippen molar-refractivity contribution in [3.05, 3.63) is 253 Å². The average Bonchev–Trinajstić information content (AvgIpc) is 3.98. The van der Waals surface area contributed by atoms with E-state index in [4.69, 9.17) is 9.97 Å². The standard InChI is InChI=1S/C59H38N4/c1-5-15-39(16-6-1)41-25-29-53-47(35-41)49-37-43(27-31-55(49)62(53)45-19-9-3-10-20-45)59(51-23-13-33-60-57(51)58-52(59)24-14-34-61-58)44-28-32-56-50(38-44)48-36-42(40-17-7-2-8-18-40)26-30-54(48)63(56)46-21-11-4-12-22-46/h1-38H. The lowest BCUT2D eigenvalue weighted by Crippen LogP contribution is -2.28. The molecule has 4 nitrogen and oxygen atoms in total. The molecule has 0 fully saturated rings. The Morgan fingerprint density at radius 3 is 1.08 bits per heavy atom. The molecule has 1 aliphatic rings. The van der Waals surface area contributed by atoms with E-state index in [1.54, 1.807) is 0 Å². The quantitative estimate of drug-likeness (QED) is 0.168. The number of benzene rings is 8. The Morgan fingerprint density at radius 2 is 0.667 bits per heavy atom. The Labute approximate surface area is 364 Å². The van der Waals surface area contributed by atoms with Crippen LogP contribution < -0.4 is 0 Å². The fourth-order valence-electron chi connectivity index (χ4n) is 10.6. The van der Waals surface area contributed by atoms with E-state index >= 15 is 0 Å². The predicted molar refractivity (Wildman–Crippen MR) is 259 cm³/mol. The number of pyridine rings is 2. The van der Waals surface area contributed by atoms with Crippen molar-refractivity contribution < 1.29 is 0 Å². The highest BCUT2D eigenvalue weighted by molar-refractivity contribution is 6.12. The Hall–Kier alpha value is -8.34. The number of para-hydroxylation sites is 2. The molecule has 4 aromatic heterocycles. The first kappa shape index (κ1) is 35.4. The van der Waals surface area contributed by atoms with Gasteiger partial charge >= 0.3 is 0 Å². The van der Waals surface area contributed by atoms with E-state index in [1.165, 1.54) is 66.0 Å². The molecule has 1 aliphatic carbocycles. The van der Waals surface area contributed by atoms with Crippen molar-refractivity contribution >= 4 is 43.6 Å². The highest BCUT2D eigenvalue weighted by Gasteiger charge is 2.48. The van der Waals surface area contributed by atoms with Crippen molar-refractivity contribution in [1.82, 2.24) is 19.1 Å². The third-order valence-corrected chi connectivity index (χ3v) is 13.3. The van der Waals surface area contributed by atoms with Gasteiger partial charge in [0.2, 0.25) is 0 Å². The van der Waals surface area contributed by atoms with Crippen LogP contribution in [0.5, 0.6) is 0 Å². The molecule has 0 saturated carbocycles. The summed E-state index contributed by atoms with van der Waals surface area (Å²) in [7, 11) is 0. The van der Waals surface area contributed by atoms with E-state index in [2.05, 4.69) is 228 Å². The second kappa shape index (κ2) is 13.8. The van der Waals surface area contributed by atoms with Crippen LogP contribution in [0.4, 0.5) is 0 Å². The maximum Gasteiger partial charge on any atom is 0.0937 e. The molecule has 8 aromatic carbocycles. The summed E-state index contributed by atoms with van der Waals surface area (Å²) in [6, 6.07) is 79.6. The Balaban J connectivity index is 1.13. The minimum absolute atomic E-state index is 0.730. The number of rotatable bonds is 6. The van der Waals surface area contributed by atoms with Gasteiger partial charge in [-0.15, -0.1) is 0 Å². The summed E-state index contributed by atoms with van der Waals surface area (Å²) in [5.74, 6) is 0. The van der Waals surface area contributed by atoms with Gasteiger partial charge < -0.3 is 9.13 Å². The number of aromatic nitrogens is 4. The van der Waals surface area contributed by atoms with Gasteiger partial charge in [0.25, 0.3) is 0 Å². The smallest absolute Gasteiger partial charge is 0.0937 e.